The lowest BCUT2D eigenvalue weighted by Crippen LogP contribution is -2.14. The van der Waals surface area contributed by atoms with Crippen molar-refractivity contribution in [2.24, 2.45) is 0 Å². The summed E-state index contributed by atoms with van der Waals surface area (Å²) in [6, 6.07) is 10.6. The fraction of sp³-hybridized carbons (Fsp3) is 0.333. The van der Waals surface area contributed by atoms with Crippen molar-refractivity contribution in [1.82, 2.24) is 0 Å². The summed E-state index contributed by atoms with van der Waals surface area (Å²) < 4.78 is 33.3. The van der Waals surface area contributed by atoms with Crippen molar-refractivity contribution in [3.8, 4) is 5.75 Å². The molecule has 0 aromatic heterocycles. The van der Waals surface area contributed by atoms with Gasteiger partial charge in [0, 0.05) is 5.69 Å². The summed E-state index contributed by atoms with van der Waals surface area (Å²) in [6.07, 6.45) is 0. The molecule has 0 radical (unpaired) electrons. The van der Waals surface area contributed by atoms with Crippen LogP contribution in [0.4, 0.5) is 5.69 Å². The zero-order valence-electron chi connectivity index (χ0n) is 14.2. The predicted octanol–water partition coefficient (Wildman–Crippen LogP) is 4.24. The normalized spacial score (nSPS) is 11.6. The lowest BCUT2D eigenvalue weighted by atomic mass is 10.0. The fourth-order valence-electron chi connectivity index (χ4n) is 2.58. The zero-order valence-corrected chi connectivity index (χ0v) is 15.0. The van der Waals surface area contributed by atoms with Gasteiger partial charge in [-0.1, -0.05) is 19.9 Å². The quantitative estimate of drug-likeness (QED) is 0.890. The summed E-state index contributed by atoms with van der Waals surface area (Å²) >= 11 is 0. The number of aryl methyl sites for hydroxylation is 2. The number of sulfonamides is 1. The molecule has 0 spiro atoms. The van der Waals surface area contributed by atoms with Crippen LogP contribution >= 0.6 is 0 Å². The van der Waals surface area contributed by atoms with Gasteiger partial charge in [0.25, 0.3) is 10.0 Å². The molecule has 0 saturated heterocycles. The molecule has 0 heterocycles. The van der Waals surface area contributed by atoms with Crippen LogP contribution in [0.5, 0.6) is 5.75 Å². The Bertz CT molecular complexity index is 791. The lowest BCUT2D eigenvalue weighted by molar-refractivity contribution is 0.407. The molecule has 4 nitrogen and oxygen atoms in total. The smallest absolute Gasteiger partial charge is 0.261 e. The SMILES string of the molecule is COc1ccc(S(=O)(=O)Nc2cc(C)cc(C)c2)cc1C(C)C. The van der Waals surface area contributed by atoms with Gasteiger partial charge >= 0.3 is 0 Å². The average molecular weight is 333 g/mol. The van der Waals surface area contributed by atoms with Crippen molar-refractivity contribution in [3.63, 3.8) is 0 Å². The Hall–Kier alpha value is -2.01. The van der Waals surface area contributed by atoms with E-state index in [1.807, 2.05) is 45.9 Å². The van der Waals surface area contributed by atoms with E-state index in [0.717, 1.165) is 16.7 Å². The van der Waals surface area contributed by atoms with Crippen molar-refractivity contribution in [3.05, 3.63) is 53.1 Å². The van der Waals surface area contributed by atoms with Gasteiger partial charge in [-0.15, -0.1) is 0 Å². The van der Waals surface area contributed by atoms with Crippen LogP contribution in [0.15, 0.2) is 41.3 Å². The third kappa shape index (κ3) is 4.05. The molecule has 0 aliphatic rings. The standard InChI is InChI=1S/C18H23NO3S/c1-12(2)17-11-16(6-7-18(17)22-5)23(20,21)19-15-9-13(3)8-14(4)10-15/h6-12,19H,1-5H3. The van der Waals surface area contributed by atoms with Crippen molar-refractivity contribution in [1.29, 1.82) is 0 Å². The molecule has 2 rings (SSSR count). The first-order valence-electron chi connectivity index (χ1n) is 7.52. The molecule has 5 heteroatoms. The Morgan fingerprint density at radius 3 is 2.13 bits per heavy atom. The topological polar surface area (TPSA) is 55.4 Å². The summed E-state index contributed by atoms with van der Waals surface area (Å²) in [5.74, 6) is 0.867. The lowest BCUT2D eigenvalue weighted by Gasteiger charge is -2.15. The van der Waals surface area contributed by atoms with E-state index in [1.54, 1.807) is 25.3 Å². The molecule has 1 N–H and O–H groups in total. The van der Waals surface area contributed by atoms with E-state index in [-0.39, 0.29) is 10.8 Å². The van der Waals surface area contributed by atoms with Crippen molar-refractivity contribution in [2.75, 3.05) is 11.8 Å². The summed E-state index contributed by atoms with van der Waals surface area (Å²) in [6.45, 7) is 7.89. The maximum atomic E-state index is 12.6. The first kappa shape index (κ1) is 17.3. The number of methoxy groups -OCH3 is 1. The van der Waals surface area contributed by atoms with Gasteiger partial charge in [-0.2, -0.15) is 0 Å². The Kier molecular flexibility index (Phi) is 5.00. The van der Waals surface area contributed by atoms with Gasteiger partial charge in [-0.3, -0.25) is 4.72 Å². The molecule has 2 aromatic carbocycles. The third-order valence-electron chi connectivity index (χ3n) is 3.61. The van der Waals surface area contributed by atoms with Crippen LogP contribution in [0.3, 0.4) is 0 Å². The van der Waals surface area contributed by atoms with E-state index in [4.69, 9.17) is 4.74 Å². The number of nitrogens with one attached hydrogen (secondary N) is 1. The second-order valence-electron chi connectivity index (χ2n) is 6.04. The van der Waals surface area contributed by atoms with Gasteiger partial charge in [0.2, 0.25) is 0 Å². The molecular formula is C18H23NO3S. The maximum absolute atomic E-state index is 12.6. The van der Waals surface area contributed by atoms with Gasteiger partial charge in [0.1, 0.15) is 5.75 Å². The first-order valence-corrected chi connectivity index (χ1v) is 9.00. The van der Waals surface area contributed by atoms with Crippen LogP contribution in [0.25, 0.3) is 0 Å². The molecule has 0 atom stereocenters. The van der Waals surface area contributed by atoms with E-state index in [1.165, 1.54) is 0 Å². The van der Waals surface area contributed by atoms with E-state index in [9.17, 15) is 8.42 Å². The van der Waals surface area contributed by atoms with Gasteiger partial charge < -0.3 is 4.74 Å². The number of hydrogen-bond acceptors (Lipinski definition) is 3. The molecule has 0 amide bonds. The van der Waals surface area contributed by atoms with Gasteiger partial charge in [-0.05, 0) is 66.8 Å². The molecular weight excluding hydrogens is 310 g/mol. The Balaban J connectivity index is 2.41. The van der Waals surface area contributed by atoms with Crippen molar-refractivity contribution in [2.45, 2.75) is 38.5 Å². The van der Waals surface area contributed by atoms with Crippen molar-refractivity contribution < 1.29 is 13.2 Å². The molecule has 0 aliphatic carbocycles. The summed E-state index contributed by atoms with van der Waals surface area (Å²) in [4.78, 5) is 0.237. The summed E-state index contributed by atoms with van der Waals surface area (Å²) in [7, 11) is -2.05. The minimum atomic E-state index is -3.63. The highest BCUT2D eigenvalue weighted by Gasteiger charge is 2.18. The van der Waals surface area contributed by atoms with Crippen molar-refractivity contribution >= 4 is 15.7 Å². The van der Waals surface area contributed by atoms with E-state index >= 15 is 0 Å². The van der Waals surface area contributed by atoms with E-state index in [2.05, 4.69) is 4.72 Å². The second kappa shape index (κ2) is 6.62. The van der Waals surface area contributed by atoms with E-state index in [0.29, 0.717) is 11.4 Å². The molecule has 0 saturated carbocycles. The molecule has 23 heavy (non-hydrogen) atoms. The van der Waals surface area contributed by atoms with Gasteiger partial charge in [0.05, 0.1) is 12.0 Å². The van der Waals surface area contributed by atoms with Crippen LogP contribution in [0.2, 0.25) is 0 Å². The minimum absolute atomic E-state index is 0.168. The number of rotatable bonds is 5. The van der Waals surface area contributed by atoms with Crippen LogP contribution in [-0.2, 0) is 10.0 Å². The van der Waals surface area contributed by atoms with Crippen LogP contribution < -0.4 is 9.46 Å². The number of ether oxygens (including phenoxy) is 1. The molecule has 124 valence electrons. The highest BCUT2D eigenvalue weighted by Crippen LogP contribution is 2.29. The monoisotopic (exact) mass is 333 g/mol. The number of anilines is 1. The second-order valence-corrected chi connectivity index (χ2v) is 7.72. The molecule has 0 unspecified atom stereocenters. The molecule has 0 aliphatic heterocycles. The summed E-state index contributed by atoms with van der Waals surface area (Å²) in [5, 5.41) is 0. The highest BCUT2D eigenvalue weighted by atomic mass is 32.2. The zero-order chi connectivity index (χ0) is 17.2. The number of benzene rings is 2. The summed E-state index contributed by atoms with van der Waals surface area (Å²) in [5.41, 5.74) is 3.47. The molecule has 0 bridgehead atoms. The fourth-order valence-corrected chi connectivity index (χ4v) is 3.65. The van der Waals surface area contributed by atoms with E-state index < -0.39 is 10.0 Å². The van der Waals surface area contributed by atoms with Crippen LogP contribution in [-0.4, -0.2) is 15.5 Å². The molecule has 2 aromatic rings. The van der Waals surface area contributed by atoms with Crippen LogP contribution in [0.1, 0.15) is 36.5 Å². The average Bonchev–Trinajstić information content (AvgIpc) is 2.44. The minimum Gasteiger partial charge on any atom is -0.496 e. The largest absolute Gasteiger partial charge is 0.496 e. The number of hydrogen-bond donors (Lipinski definition) is 1. The Labute approximate surface area is 138 Å². The van der Waals surface area contributed by atoms with Gasteiger partial charge in [0.15, 0.2) is 0 Å². The molecule has 0 fully saturated rings. The van der Waals surface area contributed by atoms with Gasteiger partial charge in [-0.25, -0.2) is 8.42 Å². The highest BCUT2D eigenvalue weighted by molar-refractivity contribution is 7.92. The maximum Gasteiger partial charge on any atom is 0.261 e. The predicted molar refractivity (Wildman–Crippen MR) is 93.8 cm³/mol. The first-order chi connectivity index (χ1) is 10.7. The Morgan fingerprint density at radius 2 is 1.61 bits per heavy atom. The Morgan fingerprint density at radius 1 is 1.00 bits per heavy atom. The van der Waals surface area contributed by atoms with Crippen LogP contribution in [0, 0.1) is 13.8 Å². The third-order valence-corrected chi connectivity index (χ3v) is 4.99.